The third-order valence-electron chi connectivity index (χ3n) is 2.01. The number of hydrogen-bond acceptors (Lipinski definition) is 2. The van der Waals surface area contributed by atoms with Crippen LogP contribution in [-0.4, -0.2) is 12.1 Å². The molecule has 0 N–H and O–H groups in total. The highest BCUT2D eigenvalue weighted by Gasteiger charge is 2.03. The summed E-state index contributed by atoms with van der Waals surface area (Å²) >= 11 is 0. The minimum Gasteiger partial charge on any atom is -0.463 e. The standard InChI is InChI=1S/C13H24O2/c1-4-5-6-7-8-9-10-11-13(14)15-12(2)3/h7-8,12H,4-6,9-11H2,1-3H3/b8-7+. The summed E-state index contributed by atoms with van der Waals surface area (Å²) in [6.07, 6.45) is 10.5. The van der Waals surface area contributed by atoms with E-state index in [-0.39, 0.29) is 12.1 Å². The molecule has 0 bridgehead atoms. The Kier molecular flexibility index (Phi) is 9.24. The van der Waals surface area contributed by atoms with Gasteiger partial charge in [0.1, 0.15) is 0 Å². The Bertz CT molecular complexity index is 183. The first-order valence-electron chi connectivity index (χ1n) is 6.01. The molecule has 2 heteroatoms. The summed E-state index contributed by atoms with van der Waals surface area (Å²) in [7, 11) is 0. The molecule has 0 aromatic carbocycles. The van der Waals surface area contributed by atoms with Crippen LogP contribution in [0.1, 0.15) is 59.3 Å². The molecule has 0 spiro atoms. The van der Waals surface area contributed by atoms with E-state index in [4.69, 9.17) is 4.74 Å². The zero-order valence-corrected chi connectivity index (χ0v) is 10.3. The summed E-state index contributed by atoms with van der Waals surface area (Å²) in [5.74, 6) is -0.0769. The van der Waals surface area contributed by atoms with Crippen molar-refractivity contribution in [3.63, 3.8) is 0 Å². The molecule has 0 heterocycles. The molecule has 0 aromatic rings. The van der Waals surface area contributed by atoms with Crippen molar-refractivity contribution in [2.45, 2.75) is 65.4 Å². The molecule has 2 nitrogen and oxygen atoms in total. The van der Waals surface area contributed by atoms with E-state index in [1.807, 2.05) is 13.8 Å². The van der Waals surface area contributed by atoms with Gasteiger partial charge in [0.25, 0.3) is 0 Å². The molecule has 0 unspecified atom stereocenters. The quantitative estimate of drug-likeness (QED) is 0.347. The van der Waals surface area contributed by atoms with Gasteiger partial charge in [0.05, 0.1) is 6.10 Å². The first-order valence-corrected chi connectivity index (χ1v) is 6.01. The molecule has 0 aliphatic carbocycles. The Morgan fingerprint density at radius 2 is 1.80 bits per heavy atom. The minimum atomic E-state index is -0.0769. The summed E-state index contributed by atoms with van der Waals surface area (Å²) < 4.78 is 5.03. The van der Waals surface area contributed by atoms with Crippen molar-refractivity contribution in [2.75, 3.05) is 0 Å². The maximum atomic E-state index is 11.1. The Morgan fingerprint density at radius 3 is 2.33 bits per heavy atom. The van der Waals surface area contributed by atoms with Crippen LogP contribution in [0, 0.1) is 0 Å². The third-order valence-corrected chi connectivity index (χ3v) is 2.01. The number of carbonyl (C=O) groups is 1. The highest BCUT2D eigenvalue weighted by Crippen LogP contribution is 2.02. The molecular formula is C13H24O2. The molecule has 0 radical (unpaired) electrons. The lowest BCUT2D eigenvalue weighted by molar-refractivity contribution is -0.147. The smallest absolute Gasteiger partial charge is 0.306 e. The molecule has 0 rings (SSSR count). The van der Waals surface area contributed by atoms with E-state index < -0.39 is 0 Å². The van der Waals surface area contributed by atoms with Gasteiger partial charge in [-0.25, -0.2) is 0 Å². The van der Waals surface area contributed by atoms with Crippen LogP contribution in [0.15, 0.2) is 12.2 Å². The highest BCUT2D eigenvalue weighted by atomic mass is 16.5. The average Bonchev–Trinajstić information content (AvgIpc) is 2.15. The fraction of sp³-hybridized carbons (Fsp3) is 0.769. The Morgan fingerprint density at radius 1 is 1.20 bits per heavy atom. The van der Waals surface area contributed by atoms with Crippen molar-refractivity contribution in [3.05, 3.63) is 12.2 Å². The zero-order valence-electron chi connectivity index (χ0n) is 10.3. The van der Waals surface area contributed by atoms with Crippen molar-refractivity contribution in [1.29, 1.82) is 0 Å². The van der Waals surface area contributed by atoms with Crippen LogP contribution in [0.5, 0.6) is 0 Å². The lowest BCUT2D eigenvalue weighted by atomic mass is 10.2. The molecule has 15 heavy (non-hydrogen) atoms. The van der Waals surface area contributed by atoms with Crippen LogP contribution in [0.2, 0.25) is 0 Å². The predicted molar refractivity (Wildman–Crippen MR) is 63.7 cm³/mol. The molecule has 0 aromatic heterocycles. The SMILES string of the molecule is CCCC/C=C/CCCC(=O)OC(C)C. The number of allylic oxidation sites excluding steroid dienone is 2. The summed E-state index contributed by atoms with van der Waals surface area (Å²) in [5.41, 5.74) is 0. The lowest BCUT2D eigenvalue weighted by Gasteiger charge is -2.06. The van der Waals surface area contributed by atoms with Crippen LogP contribution in [0.4, 0.5) is 0 Å². The summed E-state index contributed by atoms with van der Waals surface area (Å²) in [6.45, 7) is 5.95. The van der Waals surface area contributed by atoms with Gasteiger partial charge in [0, 0.05) is 6.42 Å². The third kappa shape index (κ3) is 11.1. The van der Waals surface area contributed by atoms with E-state index in [0.29, 0.717) is 6.42 Å². The molecule has 88 valence electrons. The minimum absolute atomic E-state index is 0.0117. The average molecular weight is 212 g/mol. The van der Waals surface area contributed by atoms with Crippen LogP contribution in [-0.2, 0) is 9.53 Å². The Labute approximate surface area is 93.7 Å². The first kappa shape index (κ1) is 14.2. The lowest BCUT2D eigenvalue weighted by Crippen LogP contribution is -2.10. The van der Waals surface area contributed by atoms with Crippen LogP contribution >= 0.6 is 0 Å². The van der Waals surface area contributed by atoms with Gasteiger partial charge in [-0.15, -0.1) is 0 Å². The van der Waals surface area contributed by atoms with Gasteiger partial charge >= 0.3 is 5.97 Å². The van der Waals surface area contributed by atoms with E-state index >= 15 is 0 Å². The summed E-state index contributed by atoms with van der Waals surface area (Å²) in [5, 5.41) is 0. The molecular weight excluding hydrogens is 188 g/mol. The fourth-order valence-electron chi connectivity index (χ4n) is 1.24. The van der Waals surface area contributed by atoms with E-state index in [1.165, 1.54) is 12.8 Å². The van der Waals surface area contributed by atoms with E-state index in [1.54, 1.807) is 0 Å². The topological polar surface area (TPSA) is 26.3 Å². The molecule has 0 amide bonds. The van der Waals surface area contributed by atoms with Crippen molar-refractivity contribution in [1.82, 2.24) is 0 Å². The highest BCUT2D eigenvalue weighted by molar-refractivity contribution is 5.69. The van der Waals surface area contributed by atoms with Crippen molar-refractivity contribution < 1.29 is 9.53 Å². The zero-order chi connectivity index (χ0) is 11.5. The van der Waals surface area contributed by atoms with Gasteiger partial charge < -0.3 is 4.74 Å². The number of rotatable bonds is 8. The van der Waals surface area contributed by atoms with Gasteiger partial charge in [-0.05, 0) is 33.1 Å². The molecule has 0 saturated carbocycles. The van der Waals surface area contributed by atoms with Crippen molar-refractivity contribution in [2.24, 2.45) is 0 Å². The molecule has 0 aliphatic rings. The van der Waals surface area contributed by atoms with Gasteiger partial charge in [-0.2, -0.15) is 0 Å². The molecule has 0 atom stereocenters. The summed E-state index contributed by atoms with van der Waals surface area (Å²) in [4.78, 5) is 11.1. The monoisotopic (exact) mass is 212 g/mol. The van der Waals surface area contributed by atoms with Gasteiger partial charge in [0.15, 0.2) is 0 Å². The number of carbonyl (C=O) groups excluding carboxylic acids is 1. The predicted octanol–water partition coefficient (Wildman–Crippen LogP) is 3.85. The second kappa shape index (κ2) is 9.75. The normalized spacial score (nSPS) is 11.2. The van der Waals surface area contributed by atoms with Crippen LogP contribution < -0.4 is 0 Å². The first-order chi connectivity index (χ1) is 7.16. The maximum Gasteiger partial charge on any atom is 0.306 e. The largest absolute Gasteiger partial charge is 0.463 e. The number of hydrogen-bond donors (Lipinski definition) is 0. The van der Waals surface area contributed by atoms with Gasteiger partial charge in [-0.3, -0.25) is 4.79 Å². The van der Waals surface area contributed by atoms with Crippen molar-refractivity contribution >= 4 is 5.97 Å². The molecule has 0 saturated heterocycles. The number of unbranched alkanes of at least 4 members (excludes halogenated alkanes) is 3. The molecule has 0 fully saturated rings. The Balaban J connectivity index is 3.30. The van der Waals surface area contributed by atoms with Crippen LogP contribution in [0.3, 0.4) is 0 Å². The number of esters is 1. The summed E-state index contributed by atoms with van der Waals surface area (Å²) in [6, 6.07) is 0. The van der Waals surface area contributed by atoms with Crippen LogP contribution in [0.25, 0.3) is 0 Å². The van der Waals surface area contributed by atoms with E-state index in [9.17, 15) is 4.79 Å². The van der Waals surface area contributed by atoms with Gasteiger partial charge in [0.2, 0.25) is 0 Å². The second-order valence-corrected chi connectivity index (χ2v) is 4.04. The van der Waals surface area contributed by atoms with E-state index in [2.05, 4.69) is 19.1 Å². The maximum absolute atomic E-state index is 11.1. The molecule has 0 aliphatic heterocycles. The van der Waals surface area contributed by atoms with Crippen molar-refractivity contribution in [3.8, 4) is 0 Å². The second-order valence-electron chi connectivity index (χ2n) is 4.04. The van der Waals surface area contributed by atoms with Gasteiger partial charge in [-0.1, -0.05) is 31.9 Å². The number of ether oxygens (including phenoxy) is 1. The fourth-order valence-corrected chi connectivity index (χ4v) is 1.24. The van der Waals surface area contributed by atoms with E-state index in [0.717, 1.165) is 19.3 Å². The Hall–Kier alpha value is -0.790.